The third-order valence-electron chi connectivity index (χ3n) is 2.28. The van der Waals surface area contributed by atoms with Crippen molar-refractivity contribution < 1.29 is 8.78 Å². The molecule has 1 nitrogen and oxygen atoms in total. The molecule has 82 valence electrons. The molecule has 0 radical (unpaired) electrons. The molecule has 2 aromatic rings. The van der Waals surface area contributed by atoms with E-state index in [-0.39, 0.29) is 0 Å². The van der Waals surface area contributed by atoms with Gasteiger partial charge in [0.15, 0.2) is 5.82 Å². The van der Waals surface area contributed by atoms with Crippen molar-refractivity contribution >= 4 is 21.6 Å². The van der Waals surface area contributed by atoms with E-state index in [0.717, 1.165) is 10.5 Å². The third-order valence-corrected chi connectivity index (χ3v) is 2.81. The predicted molar refractivity (Wildman–Crippen MR) is 63.9 cm³/mol. The van der Waals surface area contributed by atoms with Crippen LogP contribution in [0.3, 0.4) is 0 Å². The standard InChI is InChI=1S/C12H8BrF2N/c13-8-3-1-7(2-4-8)9-5-6-10(14)12(16)11(9)15/h1-6H,16H2. The zero-order valence-corrected chi connectivity index (χ0v) is 9.76. The lowest BCUT2D eigenvalue weighted by molar-refractivity contribution is 0.594. The van der Waals surface area contributed by atoms with Crippen LogP contribution in [0.25, 0.3) is 11.1 Å². The van der Waals surface area contributed by atoms with Crippen molar-refractivity contribution in [3.05, 3.63) is 52.5 Å². The Labute approximate surface area is 100 Å². The minimum Gasteiger partial charge on any atom is -0.394 e. The molecule has 0 amide bonds. The van der Waals surface area contributed by atoms with Gasteiger partial charge in [-0.15, -0.1) is 0 Å². The van der Waals surface area contributed by atoms with Crippen molar-refractivity contribution in [2.45, 2.75) is 0 Å². The molecule has 0 aliphatic carbocycles. The highest BCUT2D eigenvalue weighted by Gasteiger charge is 2.11. The largest absolute Gasteiger partial charge is 0.394 e. The molecular weight excluding hydrogens is 276 g/mol. The van der Waals surface area contributed by atoms with Crippen molar-refractivity contribution in [2.75, 3.05) is 5.73 Å². The van der Waals surface area contributed by atoms with Gasteiger partial charge in [-0.2, -0.15) is 0 Å². The summed E-state index contributed by atoms with van der Waals surface area (Å²) in [4.78, 5) is 0. The van der Waals surface area contributed by atoms with Crippen molar-refractivity contribution in [3.63, 3.8) is 0 Å². The zero-order chi connectivity index (χ0) is 11.7. The van der Waals surface area contributed by atoms with Gasteiger partial charge < -0.3 is 5.73 Å². The van der Waals surface area contributed by atoms with E-state index >= 15 is 0 Å². The smallest absolute Gasteiger partial charge is 0.156 e. The minimum absolute atomic E-state index is 0.298. The van der Waals surface area contributed by atoms with Gasteiger partial charge in [-0.05, 0) is 29.8 Å². The first-order chi connectivity index (χ1) is 7.59. The van der Waals surface area contributed by atoms with Crippen LogP contribution in [0.1, 0.15) is 0 Å². The molecule has 0 aromatic heterocycles. The summed E-state index contributed by atoms with van der Waals surface area (Å²) in [6.07, 6.45) is 0. The highest BCUT2D eigenvalue weighted by Crippen LogP contribution is 2.28. The number of nitrogen functional groups attached to an aromatic ring is 1. The van der Waals surface area contributed by atoms with Crippen LogP contribution in [0.5, 0.6) is 0 Å². The summed E-state index contributed by atoms with van der Waals surface area (Å²) in [5.74, 6) is -1.46. The molecule has 16 heavy (non-hydrogen) atoms. The van der Waals surface area contributed by atoms with Crippen LogP contribution in [0.4, 0.5) is 14.5 Å². The van der Waals surface area contributed by atoms with Gasteiger partial charge in [0.25, 0.3) is 0 Å². The van der Waals surface area contributed by atoms with E-state index < -0.39 is 17.3 Å². The zero-order valence-electron chi connectivity index (χ0n) is 8.18. The van der Waals surface area contributed by atoms with Crippen LogP contribution in [-0.4, -0.2) is 0 Å². The second-order valence-corrected chi connectivity index (χ2v) is 4.25. The first kappa shape index (κ1) is 11.1. The normalized spacial score (nSPS) is 10.4. The molecule has 0 saturated carbocycles. The predicted octanol–water partition coefficient (Wildman–Crippen LogP) is 3.98. The van der Waals surface area contributed by atoms with Gasteiger partial charge >= 0.3 is 0 Å². The van der Waals surface area contributed by atoms with E-state index in [9.17, 15) is 8.78 Å². The maximum absolute atomic E-state index is 13.7. The quantitative estimate of drug-likeness (QED) is 0.788. The molecule has 0 fully saturated rings. The van der Waals surface area contributed by atoms with Crippen molar-refractivity contribution in [3.8, 4) is 11.1 Å². The average molecular weight is 284 g/mol. The number of nitrogens with two attached hydrogens (primary N) is 1. The summed E-state index contributed by atoms with van der Waals surface area (Å²) < 4.78 is 27.5. The average Bonchev–Trinajstić information content (AvgIpc) is 2.28. The number of rotatable bonds is 1. The summed E-state index contributed by atoms with van der Waals surface area (Å²) >= 11 is 3.28. The van der Waals surface area contributed by atoms with Gasteiger partial charge in [0.2, 0.25) is 0 Å². The van der Waals surface area contributed by atoms with Crippen LogP contribution >= 0.6 is 15.9 Å². The maximum atomic E-state index is 13.7. The molecule has 0 aliphatic rings. The summed E-state index contributed by atoms with van der Waals surface area (Å²) in [6.45, 7) is 0. The van der Waals surface area contributed by atoms with E-state index in [4.69, 9.17) is 5.73 Å². The molecule has 0 saturated heterocycles. The molecule has 0 atom stereocenters. The van der Waals surface area contributed by atoms with Gasteiger partial charge in [-0.1, -0.05) is 28.1 Å². The molecule has 4 heteroatoms. The molecule has 2 N–H and O–H groups in total. The summed E-state index contributed by atoms with van der Waals surface area (Å²) in [7, 11) is 0. The highest BCUT2D eigenvalue weighted by atomic mass is 79.9. The first-order valence-electron chi connectivity index (χ1n) is 4.59. The summed E-state index contributed by atoms with van der Waals surface area (Å²) in [6, 6.07) is 9.59. The van der Waals surface area contributed by atoms with Crippen LogP contribution < -0.4 is 5.73 Å². The van der Waals surface area contributed by atoms with Crippen LogP contribution in [0.15, 0.2) is 40.9 Å². The Kier molecular flexibility index (Phi) is 2.92. The van der Waals surface area contributed by atoms with Gasteiger partial charge in [0.05, 0.1) is 0 Å². The first-order valence-corrected chi connectivity index (χ1v) is 5.38. The lowest BCUT2D eigenvalue weighted by Crippen LogP contribution is -1.97. The fourth-order valence-corrected chi connectivity index (χ4v) is 1.69. The Hall–Kier alpha value is -1.42. The van der Waals surface area contributed by atoms with Gasteiger partial charge in [0.1, 0.15) is 11.5 Å². The second-order valence-electron chi connectivity index (χ2n) is 3.33. The second kappa shape index (κ2) is 4.22. The van der Waals surface area contributed by atoms with Gasteiger partial charge in [-0.25, -0.2) is 8.78 Å². The Balaban J connectivity index is 2.57. The minimum atomic E-state index is -0.738. The number of halogens is 3. The number of hydrogen-bond acceptors (Lipinski definition) is 1. The molecule has 2 rings (SSSR count). The molecule has 0 spiro atoms. The van der Waals surface area contributed by atoms with Crippen LogP contribution in [0, 0.1) is 11.6 Å². The highest BCUT2D eigenvalue weighted by molar-refractivity contribution is 9.10. The maximum Gasteiger partial charge on any atom is 0.156 e. The molecule has 0 bridgehead atoms. The fourth-order valence-electron chi connectivity index (χ4n) is 1.42. The number of anilines is 1. The Morgan fingerprint density at radius 1 is 0.938 bits per heavy atom. The molecular formula is C12H8BrF2N. The van der Waals surface area contributed by atoms with E-state index in [1.807, 2.05) is 0 Å². The van der Waals surface area contributed by atoms with E-state index in [0.29, 0.717) is 11.1 Å². The molecule has 0 aliphatic heterocycles. The number of hydrogen-bond donors (Lipinski definition) is 1. The lowest BCUT2D eigenvalue weighted by atomic mass is 10.0. The van der Waals surface area contributed by atoms with Crippen molar-refractivity contribution in [2.24, 2.45) is 0 Å². The van der Waals surface area contributed by atoms with Crippen LogP contribution in [0.2, 0.25) is 0 Å². The van der Waals surface area contributed by atoms with E-state index in [1.54, 1.807) is 24.3 Å². The molecule has 0 unspecified atom stereocenters. The monoisotopic (exact) mass is 283 g/mol. The topological polar surface area (TPSA) is 26.0 Å². The lowest BCUT2D eigenvalue weighted by Gasteiger charge is -2.06. The number of benzene rings is 2. The summed E-state index contributed by atoms with van der Waals surface area (Å²) in [5.41, 5.74) is 5.80. The Morgan fingerprint density at radius 3 is 2.19 bits per heavy atom. The van der Waals surface area contributed by atoms with Crippen LogP contribution in [-0.2, 0) is 0 Å². The van der Waals surface area contributed by atoms with Gasteiger partial charge in [-0.3, -0.25) is 0 Å². The SMILES string of the molecule is Nc1c(F)ccc(-c2ccc(Br)cc2)c1F. The molecule has 2 aromatic carbocycles. The van der Waals surface area contributed by atoms with E-state index in [2.05, 4.69) is 15.9 Å². The Bertz CT molecular complexity index is 523. The van der Waals surface area contributed by atoms with E-state index in [1.165, 1.54) is 6.07 Å². The molecule has 0 heterocycles. The third kappa shape index (κ3) is 1.93. The van der Waals surface area contributed by atoms with Gasteiger partial charge in [0, 0.05) is 10.0 Å². The Morgan fingerprint density at radius 2 is 1.56 bits per heavy atom. The van der Waals surface area contributed by atoms with Crippen molar-refractivity contribution in [1.29, 1.82) is 0 Å². The summed E-state index contributed by atoms with van der Waals surface area (Å²) in [5, 5.41) is 0. The van der Waals surface area contributed by atoms with Crippen molar-refractivity contribution in [1.82, 2.24) is 0 Å². The fraction of sp³-hybridized carbons (Fsp3) is 0.